The van der Waals surface area contributed by atoms with Crippen LogP contribution in [0.15, 0.2) is 29.3 Å². The number of rotatable bonds is 8. The molecule has 0 saturated carbocycles. The largest absolute Gasteiger partial charge is 0.488 e. The molecule has 144 valence electrons. The summed E-state index contributed by atoms with van der Waals surface area (Å²) in [6.45, 7) is 7.79. The summed E-state index contributed by atoms with van der Waals surface area (Å²) in [6, 6.07) is 8.27. The van der Waals surface area contributed by atoms with Crippen molar-refractivity contribution in [2.24, 2.45) is 10.9 Å². The van der Waals surface area contributed by atoms with Crippen LogP contribution < -0.4 is 10.1 Å². The molecule has 0 spiro atoms. The molecule has 2 aliphatic rings. The summed E-state index contributed by atoms with van der Waals surface area (Å²) in [6.07, 6.45) is 2.22. The molecule has 0 amide bonds. The summed E-state index contributed by atoms with van der Waals surface area (Å²) in [5, 5.41) is 3.43. The predicted octanol–water partition coefficient (Wildman–Crippen LogP) is 1.94. The van der Waals surface area contributed by atoms with E-state index >= 15 is 0 Å². The smallest absolute Gasteiger partial charge is 0.194 e. The molecule has 0 aliphatic carbocycles. The van der Waals surface area contributed by atoms with Crippen LogP contribution in [0.2, 0.25) is 0 Å². The number of hydrogen-bond acceptors (Lipinski definition) is 4. The molecule has 6 nitrogen and oxygen atoms in total. The first-order valence-electron chi connectivity index (χ1n) is 9.64. The van der Waals surface area contributed by atoms with Crippen molar-refractivity contribution < 1.29 is 14.2 Å². The number of hydrogen-bond donors (Lipinski definition) is 1. The first-order chi connectivity index (χ1) is 12.8. The minimum atomic E-state index is 0.136. The summed E-state index contributed by atoms with van der Waals surface area (Å²) in [5.41, 5.74) is 1.28. The van der Waals surface area contributed by atoms with Crippen LogP contribution in [0.4, 0.5) is 0 Å². The zero-order chi connectivity index (χ0) is 18.2. The summed E-state index contributed by atoms with van der Waals surface area (Å²) < 4.78 is 16.7. The molecular formula is C20H31N3O3. The number of aliphatic imine (C=N–C) groups is 1. The topological polar surface area (TPSA) is 55.3 Å². The van der Waals surface area contributed by atoms with Gasteiger partial charge in [-0.2, -0.15) is 0 Å². The minimum absolute atomic E-state index is 0.136. The molecular weight excluding hydrogens is 330 g/mol. The fraction of sp³-hybridized carbons (Fsp3) is 0.650. The lowest BCUT2D eigenvalue weighted by molar-refractivity contribution is 0.0536. The lowest BCUT2D eigenvalue weighted by Gasteiger charge is -2.22. The molecule has 1 aromatic carbocycles. The Morgan fingerprint density at radius 2 is 2.23 bits per heavy atom. The second-order valence-corrected chi connectivity index (χ2v) is 6.91. The Morgan fingerprint density at radius 1 is 1.35 bits per heavy atom. The third-order valence-electron chi connectivity index (χ3n) is 4.86. The average molecular weight is 361 g/mol. The second-order valence-electron chi connectivity index (χ2n) is 6.91. The van der Waals surface area contributed by atoms with Crippen molar-refractivity contribution in [3.05, 3.63) is 29.8 Å². The van der Waals surface area contributed by atoms with E-state index in [1.807, 2.05) is 12.1 Å². The number of methoxy groups -OCH3 is 1. The highest BCUT2D eigenvalue weighted by Gasteiger charge is 2.26. The Kier molecular flexibility index (Phi) is 7.14. The molecule has 0 bridgehead atoms. The van der Waals surface area contributed by atoms with Gasteiger partial charge in [0.2, 0.25) is 0 Å². The SMILES string of the molecule is CCNC(=NCC1Cc2ccccc2O1)N1CCC(COCCOC)C1. The molecule has 1 fully saturated rings. The van der Waals surface area contributed by atoms with Gasteiger partial charge in [-0.15, -0.1) is 0 Å². The van der Waals surface area contributed by atoms with Crippen LogP contribution >= 0.6 is 0 Å². The van der Waals surface area contributed by atoms with Crippen LogP contribution in [0, 0.1) is 5.92 Å². The van der Waals surface area contributed by atoms with E-state index in [9.17, 15) is 0 Å². The Hall–Kier alpha value is -1.79. The van der Waals surface area contributed by atoms with Crippen molar-refractivity contribution in [1.82, 2.24) is 10.2 Å². The standard InChI is InChI=1S/C20H31N3O3/c1-3-21-20(23-9-8-16(14-23)15-25-11-10-24-2)22-13-18-12-17-6-4-5-7-19(17)26-18/h4-7,16,18H,3,8-15H2,1-2H3,(H,21,22). The highest BCUT2D eigenvalue weighted by Crippen LogP contribution is 2.28. The third kappa shape index (κ3) is 5.11. The van der Waals surface area contributed by atoms with Gasteiger partial charge >= 0.3 is 0 Å². The third-order valence-corrected chi connectivity index (χ3v) is 4.86. The molecule has 1 aromatic rings. The first-order valence-corrected chi connectivity index (χ1v) is 9.64. The number of nitrogens with zero attached hydrogens (tertiary/aromatic N) is 2. The average Bonchev–Trinajstić information content (AvgIpc) is 3.29. The molecule has 2 aliphatic heterocycles. The van der Waals surface area contributed by atoms with E-state index in [-0.39, 0.29) is 6.10 Å². The maximum absolute atomic E-state index is 6.01. The highest BCUT2D eigenvalue weighted by atomic mass is 16.5. The molecule has 3 rings (SSSR count). The lowest BCUT2D eigenvalue weighted by atomic mass is 10.1. The van der Waals surface area contributed by atoms with Gasteiger partial charge in [-0.1, -0.05) is 18.2 Å². The maximum atomic E-state index is 6.01. The lowest BCUT2D eigenvalue weighted by Crippen LogP contribution is -2.41. The maximum Gasteiger partial charge on any atom is 0.194 e. The van der Waals surface area contributed by atoms with Crippen molar-refractivity contribution in [3.8, 4) is 5.75 Å². The van der Waals surface area contributed by atoms with E-state index in [0.29, 0.717) is 25.7 Å². The van der Waals surface area contributed by atoms with Gasteiger partial charge in [-0.25, -0.2) is 4.99 Å². The second kappa shape index (κ2) is 9.78. The van der Waals surface area contributed by atoms with E-state index in [4.69, 9.17) is 19.2 Å². The number of nitrogens with one attached hydrogen (secondary N) is 1. The van der Waals surface area contributed by atoms with E-state index in [1.165, 1.54) is 5.56 Å². The highest BCUT2D eigenvalue weighted by molar-refractivity contribution is 5.80. The number of likely N-dealkylation sites (tertiary alicyclic amines) is 1. The van der Waals surface area contributed by atoms with E-state index in [0.717, 1.165) is 50.8 Å². The fourth-order valence-electron chi connectivity index (χ4n) is 3.52. The van der Waals surface area contributed by atoms with Crippen LogP contribution in [0.3, 0.4) is 0 Å². The molecule has 0 aromatic heterocycles. The van der Waals surface area contributed by atoms with Crippen molar-refractivity contribution in [1.29, 1.82) is 0 Å². The van der Waals surface area contributed by atoms with Crippen molar-refractivity contribution in [2.75, 3.05) is 53.1 Å². The normalized spacial score (nSPS) is 22.4. The monoisotopic (exact) mass is 361 g/mol. The predicted molar refractivity (Wildman–Crippen MR) is 103 cm³/mol. The summed E-state index contributed by atoms with van der Waals surface area (Å²) in [5.74, 6) is 2.56. The number of guanidine groups is 1. The Labute approximate surface area is 156 Å². The molecule has 1 N–H and O–H groups in total. The molecule has 26 heavy (non-hydrogen) atoms. The molecule has 6 heteroatoms. The van der Waals surface area contributed by atoms with E-state index < -0.39 is 0 Å². The fourth-order valence-corrected chi connectivity index (χ4v) is 3.52. The van der Waals surface area contributed by atoms with Crippen molar-refractivity contribution in [3.63, 3.8) is 0 Å². The Bertz CT molecular complexity index is 568. The molecule has 2 heterocycles. The van der Waals surface area contributed by atoms with Gasteiger partial charge < -0.3 is 24.4 Å². The Balaban J connectivity index is 1.49. The number of fused-ring (bicyclic) bond motifs is 1. The molecule has 0 radical (unpaired) electrons. The van der Waals surface area contributed by atoms with Gasteiger partial charge in [0.15, 0.2) is 5.96 Å². The summed E-state index contributed by atoms with van der Waals surface area (Å²) in [7, 11) is 1.70. The van der Waals surface area contributed by atoms with E-state index in [2.05, 4.69) is 29.3 Å². The van der Waals surface area contributed by atoms with Gasteiger partial charge in [0.05, 0.1) is 26.4 Å². The number of ether oxygens (including phenoxy) is 3. The molecule has 2 unspecified atom stereocenters. The summed E-state index contributed by atoms with van der Waals surface area (Å²) >= 11 is 0. The summed E-state index contributed by atoms with van der Waals surface area (Å²) in [4.78, 5) is 7.19. The van der Waals surface area contributed by atoms with Crippen LogP contribution in [0.25, 0.3) is 0 Å². The minimum Gasteiger partial charge on any atom is -0.488 e. The van der Waals surface area contributed by atoms with Gasteiger partial charge in [0.1, 0.15) is 11.9 Å². The molecule has 2 atom stereocenters. The number of benzene rings is 1. The Morgan fingerprint density at radius 3 is 3.04 bits per heavy atom. The quantitative estimate of drug-likeness (QED) is 0.436. The van der Waals surface area contributed by atoms with Crippen molar-refractivity contribution >= 4 is 5.96 Å². The number of para-hydroxylation sites is 1. The molecule has 1 saturated heterocycles. The van der Waals surface area contributed by atoms with Crippen molar-refractivity contribution in [2.45, 2.75) is 25.9 Å². The van der Waals surface area contributed by atoms with Gasteiger partial charge in [0.25, 0.3) is 0 Å². The van der Waals surface area contributed by atoms with Gasteiger partial charge in [-0.3, -0.25) is 0 Å². The van der Waals surface area contributed by atoms with Crippen LogP contribution in [0.1, 0.15) is 18.9 Å². The van der Waals surface area contributed by atoms with Gasteiger partial charge in [-0.05, 0) is 25.0 Å². The zero-order valence-corrected chi connectivity index (χ0v) is 15.9. The van der Waals surface area contributed by atoms with Crippen LogP contribution in [-0.2, 0) is 15.9 Å². The first kappa shape index (κ1) is 19.0. The van der Waals surface area contributed by atoms with Gasteiger partial charge in [0, 0.05) is 39.1 Å². The van der Waals surface area contributed by atoms with Crippen LogP contribution in [-0.4, -0.2) is 70.1 Å². The van der Waals surface area contributed by atoms with Crippen LogP contribution in [0.5, 0.6) is 5.75 Å². The van der Waals surface area contributed by atoms with E-state index in [1.54, 1.807) is 7.11 Å². The zero-order valence-electron chi connectivity index (χ0n) is 15.9.